The Balaban J connectivity index is 2.20. The molecular formula is C12H10NS2+. The number of hydrogen-bond donors (Lipinski definition) is 1. The smallest absolute Gasteiger partial charge is 0.141 e. The molecule has 3 rings (SSSR count). The van der Waals surface area contributed by atoms with E-state index in [2.05, 4.69) is 48.5 Å². The van der Waals surface area contributed by atoms with Gasteiger partial charge in [0.25, 0.3) is 0 Å². The van der Waals surface area contributed by atoms with Gasteiger partial charge >= 0.3 is 0 Å². The summed E-state index contributed by atoms with van der Waals surface area (Å²) in [6.45, 7) is 0. The third-order valence-corrected chi connectivity index (χ3v) is 5.46. The number of nitrogens with two attached hydrogens (primary N) is 1. The van der Waals surface area contributed by atoms with E-state index in [1.54, 1.807) is 0 Å². The third-order valence-electron chi connectivity index (χ3n) is 2.39. The molecule has 3 heteroatoms. The van der Waals surface area contributed by atoms with Crippen LogP contribution in [0.2, 0.25) is 0 Å². The van der Waals surface area contributed by atoms with Crippen molar-refractivity contribution in [2.45, 2.75) is 19.6 Å². The van der Waals surface area contributed by atoms with Gasteiger partial charge in [-0.3, -0.25) is 0 Å². The van der Waals surface area contributed by atoms with Gasteiger partial charge in [0.05, 0.1) is 9.79 Å². The van der Waals surface area contributed by atoms with Crippen molar-refractivity contribution in [3.63, 3.8) is 0 Å². The molecule has 2 aromatic carbocycles. The van der Waals surface area contributed by atoms with Gasteiger partial charge < -0.3 is 0 Å². The second-order valence-corrected chi connectivity index (χ2v) is 5.97. The second-order valence-electron chi connectivity index (χ2n) is 3.33. The quantitative estimate of drug-likeness (QED) is 0.706. The molecule has 0 spiro atoms. The predicted octanol–water partition coefficient (Wildman–Crippen LogP) is 3.06. The first-order valence-corrected chi connectivity index (χ1v) is 6.81. The maximum absolute atomic E-state index is 6.27. The summed E-state index contributed by atoms with van der Waals surface area (Å²) < 4.78 is 0. The molecule has 74 valence electrons. The van der Waals surface area contributed by atoms with Crippen LogP contribution < -0.4 is 5.14 Å². The van der Waals surface area contributed by atoms with E-state index in [0.29, 0.717) is 0 Å². The van der Waals surface area contributed by atoms with Gasteiger partial charge in [-0.2, -0.15) is 0 Å². The van der Waals surface area contributed by atoms with Crippen molar-refractivity contribution in [2.24, 2.45) is 5.14 Å². The van der Waals surface area contributed by atoms with E-state index in [9.17, 15) is 0 Å². The highest BCUT2D eigenvalue weighted by atomic mass is 32.2. The summed E-state index contributed by atoms with van der Waals surface area (Å²) in [5, 5.41) is 6.27. The van der Waals surface area contributed by atoms with Gasteiger partial charge in [-0.15, -0.1) is 5.14 Å². The van der Waals surface area contributed by atoms with Crippen molar-refractivity contribution >= 4 is 22.8 Å². The zero-order valence-corrected chi connectivity index (χ0v) is 9.65. The molecule has 0 atom stereocenters. The molecular weight excluding hydrogens is 222 g/mol. The molecule has 0 unspecified atom stereocenters. The van der Waals surface area contributed by atoms with Crippen LogP contribution >= 0.6 is 11.8 Å². The Morgan fingerprint density at radius 3 is 1.80 bits per heavy atom. The summed E-state index contributed by atoms with van der Waals surface area (Å²) in [6.07, 6.45) is 0. The molecule has 1 aliphatic heterocycles. The van der Waals surface area contributed by atoms with Crippen LogP contribution in [0.5, 0.6) is 0 Å². The van der Waals surface area contributed by atoms with Crippen LogP contribution in [-0.2, 0) is 11.1 Å². The van der Waals surface area contributed by atoms with Gasteiger partial charge in [0.2, 0.25) is 0 Å². The summed E-state index contributed by atoms with van der Waals surface area (Å²) >= 11 is 1.55. The fourth-order valence-electron chi connectivity index (χ4n) is 1.67. The highest BCUT2D eigenvalue weighted by molar-refractivity contribution is 8.03. The average Bonchev–Trinajstić information content (AvgIpc) is 2.30. The van der Waals surface area contributed by atoms with Crippen LogP contribution in [0.1, 0.15) is 0 Å². The Morgan fingerprint density at radius 2 is 1.27 bits per heavy atom. The van der Waals surface area contributed by atoms with Gasteiger partial charge in [-0.1, -0.05) is 36.0 Å². The van der Waals surface area contributed by atoms with E-state index in [0.717, 1.165) is 0 Å². The SMILES string of the molecule is N[S+]1c2ccccc2Sc2ccccc21. The van der Waals surface area contributed by atoms with Crippen molar-refractivity contribution in [3.05, 3.63) is 48.5 Å². The van der Waals surface area contributed by atoms with Crippen LogP contribution in [0.3, 0.4) is 0 Å². The fourth-order valence-corrected chi connectivity index (χ4v) is 4.58. The van der Waals surface area contributed by atoms with Crippen molar-refractivity contribution in [1.29, 1.82) is 0 Å². The molecule has 0 radical (unpaired) electrons. The summed E-state index contributed by atoms with van der Waals surface area (Å²) in [4.78, 5) is 5.12. The number of rotatable bonds is 0. The van der Waals surface area contributed by atoms with Crippen LogP contribution in [0.4, 0.5) is 0 Å². The van der Waals surface area contributed by atoms with Crippen molar-refractivity contribution in [1.82, 2.24) is 0 Å². The highest BCUT2D eigenvalue weighted by Gasteiger charge is 2.32. The lowest BCUT2D eigenvalue weighted by Gasteiger charge is -2.14. The Morgan fingerprint density at radius 1 is 0.800 bits per heavy atom. The number of benzene rings is 2. The molecule has 2 N–H and O–H groups in total. The molecule has 2 aromatic rings. The lowest BCUT2D eigenvalue weighted by Crippen LogP contribution is -2.18. The first kappa shape index (κ1) is 9.33. The van der Waals surface area contributed by atoms with Crippen LogP contribution in [-0.4, -0.2) is 0 Å². The summed E-state index contributed by atoms with van der Waals surface area (Å²) in [5.41, 5.74) is 0. The van der Waals surface area contributed by atoms with E-state index in [1.165, 1.54) is 19.6 Å². The number of fused-ring (bicyclic) bond motifs is 2. The van der Waals surface area contributed by atoms with Gasteiger partial charge in [0.1, 0.15) is 11.1 Å². The van der Waals surface area contributed by atoms with Crippen molar-refractivity contribution in [2.75, 3.05) is 0 Å². The monoisotopic (exact) mass is 232 g/mol. The zero-order chi connectivity index (χ0) is 10.3. The summed E-state index contributed by atoms with van der Waals surface area (Å²) in [5.74, 6) is 0. The van der Waals surface area contributed by atoms with Crippen molar-refractivity contribution in [3.8, 4) is 0 Å². The topological polar surface area (TPSA) is 26.0 Å². The van der Waals surface area contributed by atoms with Gasteiger partial charge in [0, 0.05) is 0 Å². The molecule has 0 aliphatic carbocycles. The molecule has 1 aliphatic rings. The zero-order valence-electron chi connectivity index (χ0n) is 8.01. The Hall–Kier alpha value is -0.900. The van der Waals surface area contributed by atoms with E-state index >= 15 is 0 Å². The van der Waals surface area contributed by atoms with Gasteiger partial charge in [0.15, 0.2) is 9.79 Å². The van der Waals surface area contributed by atoms with E-state index in [1.807, 2.05) is 11.8 Å². The summed E-state index contributed by atoms with van der Waals surface area (Å²) in [7, 11) is 0. The fraction of sp³-hybridized carbons (Fsp3) is 0. The van der Waals surface area contributed by atoms with Gasteiger partial charge in [-0.25, -0.2) is 0 Å². The molecule has 0 saturated carbocycles. The van der Waals surface area contributed by atoms with E-state index < -0.39 is 0 Å². The molecule has 0 saturated heterocycles. The normalized spacial score (nSPS) is 14.5. The first-order chi connectivity index (χ1) is 7.36. The Bertz CT molecular complexity index is 465. The average molecular weight is 232 g/mol. The standard InChI is InChI=1S/C12H10NS2/c13-15-11-7-3-1-5-9(11)14-10-6-2-4-8-12(10)15/h1-8H,13H2/q+1. The lowest BCUT2D eigenvalue weighted by atomic mass is 10.3. The minimum absolute atomic E-state index is 0.261. The summed E-state index contributed by atoms with van der Waals surface area (Å²) in [6, 6.07) is 16.8. The van der Waals surface area contributed by atoms with Crippen LogP contribution in [0, 0.1) is 0 Å². The third kappa shape index (κ3) is 1.47. The minimum atomic E-state index is -0.261. The molecule has 0 aromatic heterocycles. The van der Waals surface area contributed by atoms with Crippen LogP contribution in [0.15, 0.2) is 68.1 Å². The minimum Gasteiger partial charge on any atom is -0.141 e. The molecule has 1 heterocycles. The molecule has 0 fully saturated rings. The molecule has 0 bridgehead atoms. The Labute approximate surface area is 96.2 Å². The maximum atomic E-state index is 6.27. The van der Waals surface area contributed by atoms with E-state index in [-0.39, 0.29) is 11.1 Å². The highest BCUT2D eigenvalue weighted by Crippen LogP contribution is 2.43. The first-order valence-electron chi connectivity index (χ1n) is 4.71. The Kier molecular flexibility index (Phi) is 2.24. The molecule has 1 nitrogen and oxygen atoms in total. The van der Waals surface area contributed by atoms with Crippen molar-refractivity contribution < 1.29 is 0 Å². The maximum Gasteiger partial charge on any atom is 0.195 e. The molecule has 0 amide bonds. The second kappa shape index (κ2) is 3.59. The van der Waals surface area contributed by atoms with Crippen LogP contribution in [0.25, 0.3) is 0 Å². The van der Waals surface area contributed by atoms with Gasteiger partial charge in [-0.05, 0) is 24.3 Å². The largest absolute Gasteiger partial charge is 0.195 e. The predicted molar refractivity (Wildman–Crippen MR) is 65.1 cm³/mol. The van der Waals surface area contributed by atoms with E-state index in [4.69, 9.17) is 5.14 Å². The lowest BCUT2D eigenvalue weighted by molar-refractivity contribution is 1.13. The molecule has 15 heavy (non-hydrogen) atoms. The number of hydrogen-bond acceptors (Lipinski definition) is 2.